The Morgan fingerprint density at radius 3 is 2.39 bits per heavy atom. The minimum atomic E-state index is 0.263. The van der Waals surface area contributed by atoms with Crippen molar-refractivity contribution in [1.82, 2.24) is 9.80 Å². The van der Waals surface area contributed by atoms with Crippen LogP contribution in [0.1, 0.15) is 51.9 Å². The molecule has 2 heterocycles. The van der Waals surface area contributed by atoms with Gasteiger partial charge in [0.25, 0.3) is 0 Å². The van der Waals surface area contributed by atoms with E-state index in [9.17, 15) is 4.79 Å². The summed E-state index contributed by atoms with van der Waals surface area (Å²) >= 11 is 0. The molecule has 23 heavy (non-hydrogen) atoms. The first kappa shape index (κ1) is 17.2. The summed E-state index contributed by atoms with van der Waals surface area (Å²) in [5, 5.41) is 0. The molecule has 2 saturated heterocycles. The summed E-state index contributed by atoms with van der Waals surface area (Å²) in [6.07, 6.45) is 9.19. The number of carbonyl (C=O) groups is 1. The van der Waals surface area contributed by atoms with Gasteiger partial charge in [0.05, 0.1) is 13.2 Å². The molecule has 0 radical (unpaired) electrons. The smallest absolute Gasteiger partial charge is 0.225 e. The van der Waals surface area contributed by atoms with Gasteiger partial charge in [0.1, 0.15) is 0 Å². The quantitative estimate of drug-likeness (QED) is 0.798. The van der Waals surface area contributed by atoms with Gasteiger partial charge in [-0.25, -0.2) is 0 Å². The van der Waals surface area contributed by atoms with E-state index >= 15 is 0 Å². The zero-order valence-corrected chi connectivity index (χ0v) is 14.8. The molecule has 0 spiro atoms. The van der Waals surface area contributed by atoms with E-state index in [0.717, 1.165) is 50.9 Å². The first-order valence-electron chi connectivity index (χ1n) is 9.85. The number of hydrogen-bond donors (Lipinski definition) is 0. The highest BCUT2D eigenvalue weighted by Gasteiger charge is 2.30. The van der Waals surface area contributed by atoms with Crippen LogP contribution >= 0.6 is 0 Å². The van der Waals surface area contributed by atoms with Crippen LogP contribution in [0.4, 0.5) is 0 Å². The van der Waals surface area contributed by atoms with Crippen molar-refractivity contribution in [3.8, 4) is 0 Å². The van der Waals surface area contributed by atoms with Crippen LogP contribution in [0.2, 0.25) is 0 Å². The third-order valence-electron chi connectivity index (χ3n) is 6.24. The van der Waals surface area contributed by atoms with Crippen LogP contribution in [0.5, 0.6) is 0 Å². The molecule has 0 aromatic rings. The van der Waals surface area contributed by atoms with Crippen LogP contribution in [0.3, 0.4) is 0 Å². The number of hydrogen-bond acceptors (Lipinski definition) is 3. The molecule has 0 aromatic heterocycles. The summed E-state index contributed by atoms with van der Waals surface area (Å²) in [4.78, 5) is 17.2. The van der Waals surface area contributed by atoms with Gasteiger partial charge in [0.15, 0.2) is 0 Å². The Balaban J connectivity index is 1.40. The Kier molecular flexibility index (Phi) is 6.35. The van der Waals surface area contributed by atoms with E-state index in [4.69, 9.17) is 4.74 Å². The zero-order valence-electron chi connectivity index (χ0n) is 14.8. The molecule has 3 aliphatic rings. The SMILES string of the molecule is CC[C@H]1CCC[C@H](CN2CCC(C(=O)N3CCOCC3)CC2)C1. The topological polar surface area (TPSA) is 32.8 Å². The second-order valence-corrected chi connectivity index (χ2v) is 7.82. The highest BCUT2D eigenvalue weighted by atomic mass is 16.5. The van der Waals surface area contributed by atoms with Crippen LogP contribution in [-0.4, -0.2) is 61.6 Å². The van der Waals surface area contributed by atoms with Gasteiger partial charge in [-0.15, -0.1) is 0 Å². The molecular weight excluding hydrogens is 288 g/mol. The molecule has 2 aliphatic heterocycles. The number of carbonyl (C=O) groups excluding carboxylic acids is 1. The predicted molar refractivity (Wildman–Crippen MR) is 92.3 cm³/mol. The van der Waals surface area contributed by atoms with Crippen molar-refractivity contribution in [3.63, 3.8) is 0 Å². The lowest BCUT2D eigenvalue weighted by molar-refractivity contribution is -0.141. The predicted octanol–water partition coefficient (Wildman–Crippen LogP) is 2.77. The van der Waals surface area contributed by atoms with Crippen LogP contribution in [0.15, 0.2) is 0 Å². The van der Waals surface area contributed by atoms with Gasteiger partial charge in [0, 0.05) is 25.6 Å². The normalized spacial score (nSPS) is 31.3. The Bertz CT molecular complexity index is 374. The maximum atomic E-state index is 12.6. The lowest BCUT2D eigenvalue weighted by atomic mass is 9.79. The average Bonchev–Trinajstić information content (AvgIpc) is 2.63. The van der Waals surface area contributed by atoms with Gasteiger partial charge >= 0.3 is 0 Å². The molecule has 1 aliphatic carbocycles. The Morgan fingerprint density at radius 2 is 1.70 bits per heavy atom. The summed E-state index contributed by atoms with van der Waals surface area (Å²) in [6, 6.07) is 0. The van der Waals surface area contributed by atoms with Gasteiger partial charge in [0.2, 0.25) is 5.91 Å². The fourth-order valence-corrected chi connectivity index (χ4v) is 4.71. The van der Waals surface area contributed by atoms with E-state index in [0.29, 0.717) is 19.1 Å². The molecule has 132 valence electrons. The zero-order chi connectivity index (χ0) is 16.1. The van der Waals surface area contributed by atoms with Crippen molar-refractivity contribution in [2.45, 2.75) is 51.9 Å². The second kappa shape index (κ2) is 8.48. The molecule has 2 atom stereocenters. The third kappa shape index (κ3) is 4.69. The summed E-state index contributed by atoms with van der Waals surface area (Å²) in [5.41, 5.74) is 0. The summed E-state index contributed by atoms with van der Waals surface area (Å²) in [5.74, 6) is 2.52. The third-order valence-corrected chi connectivity index (χ3v) is 6.24. The van der Waals surface area contributed by atoms with Gasteiger partial charge in [-0.2, -0.15) is 0 Å². The van der Waals surface area contributed by atoms with Crippen LogP contribution in [0.25, 0.3) is 0 Å². The highest BCUT2D eigenvalue weighted by molar-refractivity contribution is 5.79. The maximum absolute atomic E-state index is 12.6. The van der Waals surface area contributed by atoms with Gasteiger partial charge < -0.3 is 14.5 Å². The molecule has 3 fully saturated rings. The van der Waals surface area contributed by atoms with E-state index < -0.39 is 0 Å². The minimum absolute atomic E-state index is 0.263. The lowest BCUT2D eigenvalue weighted by Crippen LogP contribution is -2.47. The lowest BCUT2D eigenvalue weighted by Gasteiger charge is -2.38. The minimum Gasteiger partial charge on any atom is -0.378 e. The average molecular weight is 322 g/mol. The number of rotatable bonds is 4. The number of nitrogens with zero attached hydrogens (tertiary/aromatic N) is 2. The van der Waals surface area contributed by atoms with Crippen molar-refractivity contribution in [2.24, 2.45) is 17.8 Å². The van der Waals surface area contributed by atoms with Crippen molar-refractivity contribution in [2.75, 3.05) is 45.9 Å². The molecule has 4 nitrogen and oxygen atoms in total. The molecule has 3 rings (SSSR count). The standard InChI is InChI=1S/C19H34N2O2/c1-2-16-4-3-5-17(14-16)15-20-8-6-18(7-9-20)19(22)21-10-12-23-13-11-21/h16-18H,2-15H2,1H3/t16-,17-/m0/s1. The molecule has 4 heteroatoms. The molecule has 0 aromatic carbocycles. The Hall–Kier alpha value is -0.610. The van der Waals surface area contributed by atoms with Crippen molar-refractivity contribution in [3.05, 3.63) is 0 Å². The van der Waals surface area contributed by atoms with E-state index in [-0.39, 0.29) is 5.92 Å². The molecule has 0 unspecified atom stereocenters. The monoisotopic (exact) mass is 322 g/mol. The highest BCUT2D eigenvalue weighted by Crippen LogP contribution is 2.32. The Labute approximate surface area is 141 Å². The van der Waals surface area contributed by atoms with E-state index in [1.165, 1.54) is 38.6 Å². The van der Waals surface area contributed by atoms with Crippen molar-refractivity contribution in [1.29, 1.82) is 0 Å². The Morgan fingerprint density at radius 1 is 1.00 bits per heavy atom. The fourth-order valence-electron chi connectivity index (χ4n) is 4.71. The number of amides is 1. The van der Waals surface area contributed by atoms with Gasteiger partial charge in [-0.1, -0.05) is 26.2 Å². The second-order valence-electron chi connectivity index (χ2n) is 7.82. The summed E-state index contributed by atoms with van der Waals surface area (Å²) in [7, 11) is 0. The van der Waals surface area contributed by atoms with Gasteiger partial charge in [-0.3, -0.25) is 4.79 Å². The summed E-state index contributed by atoms with van der Waals surface area (Å²) < 4.78 is 5.35. The van der Waals surface area contributed by atoms with Crippen LogP contribution in [0, 0.1) is 17.8 Å². The van der Waals surface area contributed by atoms with Crippen molar-refractivity contribution >= 4 is 5.91 Å². The number of ether oxygens (including phenoxy) is 1. The largest absolute Gasteiger partial charge is 0.378 e. The van der Waals surface area contributed by atoms with Crippen molar-refractivity contribution < 1.29 is 9.53 Å². The molecule has 0 bridgehead atoms. The molecular formula is C19H34N2O2. The van der Waals surface area contributed by atoms with Gasteiger partial charge in [-0.05, 0) is 50.6 Å². The first-order chi connectivity index (χ1) is 11.3. The fraction of sp³-hybridized carbons (Fsp3) is 0.947. The number of likely N-dealkylation sites (tertiary alicyclic amines) is 1. The summed E-state index contributed by atoms with van der Waals surface area (Å²) in [6.45, 7) is 8.86. The molecule has 1 saturated carbocycles. The molecule has 1 amide bonds. The number of morpholine rings is 1. The number of piperidine rings is 1. The maximum Gasteiger partial charge on any atom is 0.225 e. The first-order valence-corrected chi connectivity index (χ1v) is 9.85. The van der Waals surface area contributed by atoms with E-state index in [1.54, 1.807) is 0 Å². The van der Waals surface area contributed by atoms with Crippen LogP contribution in [-0.2, 0) is 9.53 Å². The molecule has 0 N–H and O–H groups in total. The van der Waals surface area contributed by atoms with E-state index in [2.05, 4.69) is 11.8 Å². The van der Waals surface area contributed by atoms with Crippen LogP contribution < -0.4 is 0 Å². The van der Waals surface area contributed by atoms with E-state index in [1.807, 2.05) is 4.90 Å².